The van der Waals surface area contributed by atoms with Crippen LogP contribution in [0.5, 0.6) is 0 Å². The zero-order valence-electron chi connectivity index (χ0n) is 11.2. The summed E-state index contributed by atoms with van der Waals surface area (Å²) >= 11 is 1.39. The Bertz CT molecular complexity index is 622. The van der Waals surface area contributed by atoms with E-state index in [4.69, 9.17) is 11.5 Å². The minimum Gasteiger partial charge on any atom is -0.370 e. The van der Waals surface area contributed by atoms with Gasteiger partial charge in [-0.2, -0.15) is 4.99 Å². The first-order valence-electron chi connectivity index (χ1n) is 5.52. The van der Waals surface area contributed by atoms with Gasteiger partial charge >= 0.3 is 0 Å². The number of nitrogens with two attached hydrogens (primary N) is 2. The van der Waals surface area contributed by atoms with E-state index in [9.17, 15) is 0 Å². The summed E-state index contributed by atoms with van der Waals surface area (Å²) in [6.07, 6.45) is 1.63. The molecule has 1 heterocycles. The van der Waals surface area contributed by atoms with Crippen LogP contribution >= 0.6 is 36.2 Å². The van der Waals surface area contributed by atoms with Crippen LogP contribution in [0, 0.1) is 0 Å². The quantitative estimate of drug-likeness (QED) is 0.584. The number of benzene rings is 1. The van der Waals surface area contributed by atoms with Gasteiger partial charge in [0, 0.05) is 23.7 Å². The highest BCUT2D eigenvalue weighted by Gasteiger charge is 2.04. The highest BCUT2D eigenvalue weighted by atomic mass is 35.5. The lowest BCUT2D eigenvalue weighted by Gasteiger charge is -2.02. The summed E-state index contributed by atoms with van der Waals surface area (Å²) in [7, 11) is 1.71. The standard InChI is InChI=1S/C12H14N6S.2ClH/c1-15-7-16-9-4-2-3-8(5-9)10-6-19-12(17-10)18-11(13)14;;/h2-7H,1H3,(H,15,16)(H4,13,14,17,18);2*1H. The number of aliphatic imine (C=N–C) groups is 2. The molecule has 0 aliphatic heterocycles. The molecule has 0 unspecified atom stereocenters. The monoisotopic (exact) mass is 346 g/mol. The zero-order chi connectivity index (χ0) is 13.7. The first-order chi connectivity index (χ1) is 9.19. The Labute approximate surface area is 139 Å². The molecule has 0 spiro atoms. The smallest absolute Gasteiger partial charge is 0.212 e. The van der Waals surface area contributed by atoms with Crippen molar-refractivity contribution >= 4 is 59.3 Å². The van der Waals surface area contributed by atoms with Gasteiger partial charge in [0.2, 0.25) is 5.13 Å². The summed E-state index contributed by atoms with van der Waals surface area (Å²) in [4.78, 5) is 12.1. The fraction of sp³-hybridized carbons (Fsp3) is 0.0833. The minimum absolute atomic E-state index is 0. The van der Waals surface area contributed by atoms with E-state index in [2.05, 4.69) is 20.3 Å². The molecule has 21 heavy (non-hydrogen) atoms. The van der Waals surface area contributed by atoms with Gasteiger partial charge in [-0.3, -0.25) is 4.99 Å². The molecule has 2 rings (SSSR count). The number of anilines is 1. The van der Waals surface area contributed by atoms with Gasteiger partial charge in [0.1, 0.15) is 0 Å². The Morgan fingerprint density at radius 1 is 1.33 bits per heavy atom. The highest BCUT2D eigenvalue weighted by Crippen LogP contribution is 2.27. The second kappa shape index (κ2) is 9.17. The molecule has 5 N–H and O–H groups in total. The molecule has 0 fully saturated rings. The molecule has 0 atom stereocenters. The lowest BCUT2D eigenvalue weighted by Crippen LogP contribution is -2.21. The van der Waals surface area contributed by atoms with Crippen molar-refractivity contribution in [1.82, 2.24) is 4.98 Å². The molecule has 0 amide bonds. The number of halogens is 2. The maximum atomic E-state index is 5.32. The average molecular weight is 347 g/mol. The minimum atomic E-state index is 0. The SMILES string of the molecule is CN=CNc1cccc(-c2csc(N=C(N)N)n2)c1.Cl.Cl. The van der Waals surface area contributed by atoms with Crippen molar-refractivity contribution in [3.8, 4) is 11.3 Å². The van der Waals surface area contributed by atoms with Crippen LogP contribution in [-0.4, -0.2) is 24.3 Å². The molecule has 2 aromatic rings. The van der Waals surface area contributed by atoms with E-state index in [1.54, 1.807) is 13.4 Å². The third-order valence-electron chi connectivity index (χ3n) is 2.24. The van der Waals surface area contributed by atoms with Gasteiger partial charge in [-0.25, -0.2) is 4.98 Å². The number of guanidine groups is 1. The molecule has 114 valence electrons. The van der Waals surface area contributed by atoms with Crippen molar-refractivity contribution in [2.45, 2.75) is 0 Å². The van der Waals surface area contributed by atoms with Crippen LogP contribution in [-0.2, 0) is 0 Å². The molecule has 6 nitrogen and oxygen atoms in total. The van der Waals surface area contributed by atoms with Crippen LogP contribution in [0.1, 0.15) is 0 Å². The van der Waals surface area contributed by atoms with Gasteiger partial charge in [0.05, 0.1) is 12.0 Å². The van der Waals surface area contributed by atoms with Crippen molar-refractivity contribution in [1.29, 1.82) is 0 Å². The summed E-state index contributed by atoms with van der Waals surface area (Å²) in [5.74, 6) is 0.00970. The fourth-order valence-corrected chi connectivity index (χ4v) is 2.18. The number of hydrogen-bond donors (Lipinski definition) is 3. The summed E-state index contributed by atoms with van der Waals surface area (Å²) < 4.78 is 0. The van der Waals surface area contributed by atoms with Gasteiger partial charge in [-0.1, -0.05) is 12.1 Å². The Morgan fingerprint density at radius 3 is 2.76 bits per heavy atom. The number of hydrogen-bond acceptors (Lipinski definition) is 4. The number of rotatable bonds is 4. The van der Waals surface area contributed by atoms with Crippen LogP contribution in [0.2, 0.25) is 0 Å². The molecule has 0 saturated carbocycles. The third-order valence-corrected chi connectivity index (χ3v) is 2.97. The Balaban J connectivity index is 0.00000200. The van der Waals surface area contributed by atoms with Gasteiger partial charge < -0.3 is 16.8 Å². The normalized spacial score (nSPS) is 9.57. The van der Waals surface area contributed by atoms with Gasteiger partial charge in [0.25, 0.3) is 0 Å². The molecule has 1 aromatic carbocycles. The molecule has 0 aliphatic rings. The zero-order valence-corrected chi connectivity index (χ0v) is 13.6. The largest absolute Gasteiger partial charge is 0.370 e. The Hall–Kier alpha value is -1.83. The van der Waals surface area contributed by atoms with Crippen LogP contribution in [0.3, 0.4) is 0 Å². The van der Waals surface area contributed by atoms with Gasteiger partial charge in [-0.05, 0) is 12.1 Å². The van der Waals surface area contributed by atoms with Crippen LogP contribution in [0.4, 0.5) is 10.8 Å². The molecular weight excluding hydrogens is 331 g/mol. The lowest BCUT2D eigenvalue weighted by molar-refractivity contribution is 1.33. The maximum Gasteiger partial charge on any atom is 0.212 e. The number of nitrogens with zero attached hydrogens (tertiary/aromatic N) is 3. The number of thiazole rings is 1. The summed E-state index contributed by atoms with van der Waals surface area (Å²) in [5, 5.41) is 5.52. The molecule has 9 heteroatoms. The molecule has 0 saturated heterocycles. The lowest BCUT2D eigenvalue weighted by atomic mass is 10.1. The van der Waals surface area contributed by atoms with E-state index < -0.39 is 0 Å². The maximum absolute atomic E-state index is 5.32. The Kier molecular flexibility index (Phi) is 8.37. The Morgan fingerprint density at radius 2 is 2.10 bits per heavy atom. The van der Waals surface area contributed by atoms with Crippen molar-refractivity contribution in [2.24, 2.45) is 21.5 Å². The predicted octanol–water partition coefficient (Wildman–Crippen LogP) is 2.63. The second-order valence-electron chi connectivity index (χ2n) is 3.66. The van der Waals surface area contributed by atoms with E-state index in [1.807, 2.05) is 29.6 Å². The van der Waals surface area contributed by atoms with Crippen molar-refractivity contribution < 1.29 is 0 Å². The van der Waals surface area contributed by atoms with Crippen molar-refractivity contribution in [3.63, 3.8) is 0 Å². The molecular formula is C12H16Cl2N6S. The van der Waals surface area contributed by atoms with E-state index in [1.165, 1.54) is 11.3 Å². The predicted molar refractivity (Wildman–Crippen MR) is 95.6 cm³/mol. The molecule has 0 aliphatic carbocycles. The van der Waals surface area contributed by atoms with Crippen molar-refractivity contribution in [3.05, 3.63) is 29.6 Å². The van der Waals surface area contributed by atoms with Crippen LogP contribution in [0.15, 0.2) is 39.6 Å². The summed E-state index contributed by atoms with van der Waals surface area (Å²) in [6, 6.07) is 7.86. The molecule has 1 aromatic heterocycles. The number of nitrogens with one attached hydrogen (secondary N) is 1. The topological polar surface area (TPSA) is 102 Å². The van der Waals surface area contributed by atoms with Crippen molar-refractivity contribution in [2.75, 3.05) is 12.4 Å². The number of aromatic nitrogens is 1. The van der Waals surface area contributed by atoms with E-state index in [-0.39, 0.29) is 30.8 Å². The molecule has 0 radical (unpaired) electrons. The third kappa shape index (κ3) is 5.58. The van der Waals surface area contributed by atoms with E-state index in [0.29, 0.717) is 5.13 Å². The average Bonchev–Trinajstić information content (AvgIpc) is 2.84. The highest BCUT2D eigenvalue weighted by molar-refractivity contribution is 7.13. The van der Waals surface area contributed by atoms with Crippen LogP contribution in [0.25, 0.3) is 11.3 Å². The van der Waals surface area contributed by atoms with Gasteiger partial charge in [-0.15, -0.1) is 36.2 Å². The summed E-state index contributed by atoms with van der Waals surface area (Å²) in [6.45, 7) is 0. The first-order valence-corrected chi connectivity index (χ1v) is 6.40. The van der Waals surface area contributed by atoms with E-state index in [0.717, 1.165) is 16.9 Å². The van der Waals surface area contributed by atoms with E-state index >= 15 is 0 Å². The second-order valence-corrected chi connectivity index (χ2v) is 4.50. The van der Waals surface area contributed by atoms with Gasteiger partial charge in [0.15, 0.2) is 5.96 Å². The molecule has 0 bridgehead atoms. The van der Waals surface area contributed by atoms with Crippen LogP contribution < -0.4 is 16.8 Å². The summed E-state index contributed by atoms with van der Waals surface area (Å²) in [5.41, 5.74) is 13.4. The first kappa shape index (κ1) is 19.2. The fourth-order valence-electron chi connectivity index (χ4n) is 1.47.